The van der Waals surface area contributed by atoms with E-state index in [1.54, 1.807) is 42.5 Å². The molecule has 2 aromatic carbocycles. The zero-order valence-corrected chi connectivity index (χ0v) is 17.3. The minimum Gasteiger partial charge on any atom is -0.493 e. The van der Waals surface area contributed by atoms with Gasteiger partial charge in [-0.25, -0.2) is 5.43 Å². The van der Waals surface area contributed by atoms with E-state index in [4.69, 9.17) is 19.9 Å². The summed E-state index contributed by atoms with van der Waals surface area (Å²) < 4.78 is 16.6. The third-order valence-corrected chi connectivity index (χ3v) is 4.11. The van der Waals surface area contributed by atoms with Crippen LogP contribution in [0.25, 0.3) is 0 Å². The number of nitrogens with zero attached hydrogens (tertiary/aromatic N) is 1. The molecular weight excluding hydrogens is 442 g/mol. The number of methoxy groups -OCH3 is 1. The number of benzene rings is 2. The third kappa shape index (κ3) is 6.65. The molecule has 0 saturated heterocycles. The molecule has 0 heterocycles. The fraction of sp³-hybridized carbons (Fsp3) is 0.150. The second-order valence-electron chi connectivity index (χ2n) is 5.61. The van der Waals surface area contributed by atoms with Crippen LogP contribution in [0.5, 0.6) is 17.2 Å². The van der Waals surface area contributed by atoms with Gasteiger partial charge in [-0.15, -0.1) is 0 Å². The summed E-state index contributed by atoms with van der Waals surface area (Å²) in [5, 5.41) is 3.94. The van der Waals surface area contributed by atoms with Gasteiger partial charge in [0, 0.05) is 5.56 Å². The van der Waals surface area contributed by atoms with Crippen molar-refractivity contribution in [1.29, 1.82) is 0 Å². The number of carbonyl (C=O) groups excluding carboxylic acids is 2. The normalized spacial score (nSPS) is 10.4. The van der Waals surface area contributed by atoms with Crippen LogP contribution in [-0.2, 0) is 4.79 Å². The molecule has 2 rings (SSSR count). The van der Waals surface area contributed by atoms with Crippen LogP contribution in [0.1, 0.15) is 15.9 Å². The second-order valence-corrected chi connectivity index (χ2v) is 6.46. The van der Waals surface area contributed by atoms with Crippen molar-refractivity contribution in [3.05, 3.63) is 64.7 Å². The largest absolute Gasteiger partial charge is 0.493 e. The Labute approximate surface area is 176 Å². The predicted octanol–water partition coefficient (Wildman–Crippen LogP) is 2.65. The molecule has 2 amide bonds. The van der Waals surface area contributed by atoms with Crippen LogP contribution in [0, 0.1) is 0 Å². The smallest absolute Gasteiger partial charge is 0.271 e. The summed E-state index contributed by atoms with van der Waals surface area (Å²) in [4.78, 5) is 23.1. The molecule has 0 unspecified atom stereocenters. The molecule has 9 heteroatoms. The van der Waals surface area contributed by atoms with Crippen LogP contribution < -0.4 is 25.4 Å². The van der Waals surface area contributed by atoms with Gasteiger partial charge in [0.25, 0.3) is 11.8 Å². The summed E-state index contributed by atoms with van der Waals surface area (Å²) in [6.45, 7) is 3.70. The Kier molecular flexibility index (Phi) is 8.23. The van der Waals surface area contributed by atoms with Crippen molar-refractivity contribution in [2.75, 3.05) is 20.3 Å². The van der Waals surface area contributed by atoms with Gasteiger partial charge in [-0.2, -0.15) is 5.10 Å². The number of rotatable bonds is 10. The molecule has 0 atom stereocenters. The van der Waals surface area contributed by atoms with E-state index >= 15 is 0 Å². The van der Waals surface area contributed by atoms with Crippen molar-refractivity contribution in [2.24, 2.45) is 10.8 Å². The molecule has 0 fully saturated rings. The average molecular weight is 462 g/mol. The fourth-order valence-corrected chi connectivity index (χ4v) is 2.68. The van der Waals surface area contributed by atoms with E-state index in [0.29, 0.717) is 39.5 Å². The quantitative estimate of drug-likeness (QED) is 0.320. The number of halogens is 1. The molecule has 8 nitrogen and oxygen atoms in total. The Morgan fingerprint density at radius 2 is 1.93 bits per heavy atom. The SMILES string of the molecule is C=CCOc1ccc(C(=O)N/N=C/c2ccc(OCC(N)=O)c(Br)c2)cc1OC. The minimum atomic E-state index is -0.567. The second kappa shape index (κ2) is 10.9. The van der Waals surface area contributed by atoms with E-state index in [0.717, 1.165) is 0 Å². The van der Waals surface area contributed by atoms with Gasteiger partial charge in [0.1, 0.15) is 12.4 Å². The first-order valence-corrected chi connectivity index (χ1v) is 9.19. The lowest BCUT2D eigenvalue weighted by molar-refractivity contribution is -0.119. The van der Waals surface area contributed by atoms with Gasteiger partial charge in [0.05, 0.1) is 17.8 Å². The zero-order valence-electron chi connectivity index (χ0n) is 15.7. The zero-order chi connectivity index (χ0) is 21.2. The van der Waals surface area contributed by atoms with E-state index in [2.05, 4.69) is 33.0 Å². The summed E-state index contributed by atoms with van der Waals surface area (Å²) in [7, 11) is 1.49. The first-order valence-electron chi connectivity index (χ1n) is 8.40. The summed E-state index contributed by atoms with van der Waals surface area (Å²) in [6, 6.07) is 9.90. The van der Waals surface area contributed by atoms with Gasteiger partial charge in [-0.3, -0.25) is 9.59 Å². The van der Waals surface area contributed by atoms with E-state index in [1.807, 2.05) is 0 Å². The minimum absolute atomic E-state index is 0.219. The number of nitrogens with two attached hydrogens (primary N) is 1. The van der Waals surface area contributed by atoms with Crippen LogP contribution in [0.15, 0.2) is 58.6 Å². The van der Waals surface area contributed by atoms with E-state index in [-0.39, 0.29) is 6.61 Å². The average Bonchev–Trinajstić information content (AvgIpc) is 2.71. The van der Waals surface area contributed by atoms with Crippen molar-refractivity contribution < 1.29 is 23.8 Å². The monoisotopic (exact) mass is 461 g/mol. The summed E-state index contributed by atoms with van der Waals surface area (Å²) >= 11 is 3.34. The lowest BCUT2D eigenvalue weighted by Gasteiger charge is -2.10. The number of primary amides is 1. The molecular formula is C20H20BrN3O5. The van der Waals surface area contributed by atoms with Gasteiger partial charge in [-0.1, -0.05) is 12.7 Å². The number of hydrazone groups is 1. The number of ether oxygens (including phenoxy) is 3. The number of hydrogen-bond donors (Lipinski definition) is 2. The summed E-state index contributed by atoms with van der Waals surface area (Å²) in [6.07, 6.45) is 3.09. The maximum Gasteiger partial charge on any atom is 0.271 e. The molecule has 0 saturated carbocycles. The molecule has 3 N–H and O–H groups in total. The molecule has 152 valence electrons. The highest BCUT2D eigenvalue weighted by Crippen LogP contribution is 2.28. The highest BCUT2D eigenvalue weighted by molar-refractivity contribution is 9.10. The molecule has 0 bridgehead atoms. The Hall–Kier alpha value is -3.33. The number of carbonyl (C=O) groups is 2. The molecule has 0 aromatic heterocycles. The number of nitrogens with one attached hydrogen (secondary N) is 1. The molecule has 0 spiro atoms. The molecule has 0 aliphatic heterocycles. The van der Waals surface area contributed by atoms with Crippen LogP contribution in [0.2, 0.25) is 0 Å². The van der Waals surface area contributed by atoms with Crippen molar-refractivity contribution >= 4 is 34.0 Å². The third-order valence-electron chi connectivity index (χ3n) is 3.49. The molecule has 0 aliphatic rings. The van der Waals surface area contributed by atoms with Crippen LogP contribution in [0.4, 0.5) is 0 Å². The first-order chi connectivity index (χ1) is 13.9. The molecule has 0 aliphatic carbocycles. The maximum atomic E-state index is 12.3. The lowest BCUT2D eigenvalue weighted by Crippen LogP contribution is -2.20. The Morgan fingerprint density at radius 1 is 1.17 bits per heavy atom. The molecule has 0 radical (unpaired) electrons. The van der Waals surface area contributed by atoms with Crippen LogP contribution in [0.3, 0.4) is 0 Å². The van der Waals surface area contributed by atoms with Gasteiger partial charge < -0.3 is 19.9 Å². The van der Waals surface area contributed by atoms with Crippen molar-refractivity contribution in [1.82, 2.24) is 5.43 Å². The first kappa shape index (κ1) is 22.0. The van der Waals surface area contributed by atoms with E-state index < -0.39 is 11.8 Å². The van der Waals surface area contributed by atoms with Crippen LogP contribution >= 0.6 is 15.9 Å². The molecule has 2 aromatic rings. The number of amides is 2. The highest BCUT2D eigenvalue weighted by Gasteiger charge is 2.10. The van der Waals surface area contributed by atoms with Gasteiger partial charge in [-0.05, 0) is 57.9 Å². The standard InChI is InChI=1S/C20H20BrN3O5/c1-3-8-28-17-7-5-14(10-18(17)27-2)20(26)24-23-11-13-4-6-16(15(21)9-13)29-12-19(22)25/h3-7,9-11H,1,8,12H2,2H3,(H2,22,25)(H,24,26)/b23-11+. The maximum absolute atomic E-state index is 12.3. The fourth-order valence-electron chi connectivity index (χ4n) is 2.17. The lowest BCUT2D eigenvalue weighted by atomic mass is 10.2. The van der Waals surface area contributed by atoms with Gasteiger partial charge in [0.15, 0.2) is 18.1 Å². The predicted molar refractivity (Wildman–Crippen MR) is 113 cm³/mol. The Bertz CT molecular complexity index is 930. The van der Waals surface area contributed by atoms with Crippen molar-refractivity contribution in [2.45, 2.75) is 0 Å². The van der Waals surface area contributed by atoms with E-state index in [1.165, 1.54) is 13.3 Å². The van der Waals surface area contributed by atoms with Gasteiger partial charge in [0.2, 0.25) is 0 Å². The topological polar surface area (TPSA) is 112 Å². The van der Waals surface area contributed by atoms with Crippen molar-refractivity contribution in [3.63, 3.8) is 0 Å². The highest BCUT2D eigenvalue weighted by atomic mass is 79.9. The molecule has 29 heavy (non-hydrogen) atoms. The van der Waals surface area contributed by atoms with Crippen LogP contribution in [-0.4, -0.2) is 38.4 Å². The Balaban J connectivity index is 2.01. The van der Waals surface area contributed by atoms with Crippen molar-refractivity contribution in [3.8, 4) is 17.2 Å². The summed E-state index contributed by atoms with van der Waals surface area (Å²) in [5.74, 6) is 0.434. The Morgan fingerprint density at radius 3 is 2.59 bits per heavy atom. The number of hydrogen-bond acceptors (Lipinski definition) is 6. The van der Waals surface area contributed by atoms with Gasteiger partial charge >= 0.3 is 0 Å². The summed E-state index contributed by atoms with van der Waals surface area (Å²) in [5.41, 5.74) is 8.56. The van der Waals surface area contributed by atoms with E-state index in [9.17, 15) is 9.59 Å².